The van der Waals surface area contributed by atoms with E-state index in [1.807, 2.05) is 43.3 Å². The second kappa shape index (κ2) is 9.69. The van der Waals surface area contributed by atoms with Gasteiger partial charge in [-0.25, -0.2) is 9.79 Å². The summed E-state index contributed by atoms with van der Waals surface area (Å²) in [4.78, 5) is 31.8. The largest absolute Gasteiger partial charge is 0.493 e. The molecule has 34 heavy (non-hydrogen) atoms. The van der Waals surface area contributed by atoms with E-state index < -0.39 is 12.0 Å². The van der Waals surface area contributed by atoms with E-state index >= 15 is 0 Å². The summed E-state index contributed by atoms with van der Waals surface area (Å²) in [6, 6.07) is 12.6. The van der Waals surface area contributed by atoms with Crippen LogP contribution < -0.4 is 24.4 Å². The number of aromatic nitrogens is 1. The molecule has 0 bridgehead atoms. The Hall–Kier alpha value is -3.65. The molecule has 0 saturated heterocycles. The number of ether oxygens (including phenoxy) is 3. The van der Waals surface area contributed by atoms with Crippen molar-refractivity contribution in [3.63, 3.8) is 0 Å². The van der Waals surface area contributed by atoms with Crippen molar-refractivity contribution in [1.82, 2.24) is 4.57 Å². The lowest BCUT2D eigenvalue weighted by Gasteiger charge is -2.25. The van der Waals surface area contributed by atoms with Crippen LogP contribution in [0.1, 0.15) is 36.6 Å². The molecule has 1 aliphatic rings. The number of hydrogen-bond donors (Lipinski definition) is 0. The van der Waals surface area contributed by atoms with Gasteiger partial charge in [0.25, 0.3) is 5.56 Å². The number of hydrogen-bond acceptors (Lipinski definition) is 7. The van der Waals surface area contributed by atoms with E-state index in [9.17, 15) is 9.59 Å². The number of carbonyl (C=O) groups is 1. The van der Waals surface area contributed by atoms with Crippen LogP contribution in [0.5, 0.6) is 11.5 Å². The van der Waals surface area contributed by atoms with Gasteiger partial charge in [0.15, 0.2) is 16.3 Å². The fourth-order valence-electron chi connectivity index (χ4n) is 3.94. The van der Waals surface area contributed by atoms with Crippen LogP contribution >= 0.6 is 11.3 Å². The highest BCUT2D eigenvalue weighted by Crippen LogP contribution is 2.36. The third kappa shape index (κ3) is 4.28. The Kier molecular flexibility index (Phi) is 6.70. The van der Waals surface area contributed by atoms with E-state index in [0.717, 1.165) is 11.1 Å². The lowest BCUT2D eigenvalue weighted by atomic mass is 9.95. The molecule has 176 valence electrons. The first-order valence-corrected chi connectivity index (χ1v) is 11.7. The van der Waals surface area contributed by atoms with Crippen LogP contribution in [0.3, 0.4) is 0 Å². The molecule has 0 unspecified atom stereocenters. The summed E-state index contributed by atoms with van der Waals surface area (Å²) < 4.78 is 18.3. The van der Waals surface area contributed by atoms with Crippen LogP contribution in [0.15, 0.2) is 63.5 Å². The van der Waals surface area contributed by atoms with Crippen LogP contribution in [0, 0.1) is 6.92 Å². The van der Waals surface area contributed by atoms with Crippen LogP contribution in [0.4, 0.5) is 0 Å². The minimum atomic E-state index is -0.713. The van der Waals surface area contributed by atoms with Gasteiger partial charge in [-0.3, -0.25) is 9.36 Å². The van der Waals surface area contributed by atoms with Crippen molar-refractivity contribution in [3.8, 4) is 11.5 Å². The Morgan fingerprint density at radius 2 is 1.79 bits per heavy atom. The lowest BCUT2D eigenvalue weighted by Crippen LogP contribution is -2.39. The number of benzene rings is 2. The molecule has 0 radical (unpaired) electrons. The van der Waals surface area contributed by atoms with Crippen LogP contribution in [-0.4, -0.2) is 31.4 Å². The standard InChI is InChI=1S/C26H26N2O5S/c1-6-33-25(30)22-16(3)27-26-28(23(22)18-11-12-19(31-4)20(14-18)32-5)24(29)21(34-26)13-17-9-7-15(2)8-10-17/h7-14,23H,6H2,1-5H3/b21-13-/t23-/m0/s1. The number of thiazole rings is 1. The number of rotatable bonds is 6. The number of aryl methyl sites for hydroxylation is 1. The van der Waals surface area contributed by atoms with Crippen molar-refractivity contribution in [1.29, 1.82) is 0 Å². The Labute approximate surface area is 201 Å². The van der Waals surface area contributed by atoms with Gasteiger partial charge in [0, 0.05) is 0 Å². The first-order valence-electron chi connectivity index (χ1n) is 10.9. The smallest absolute Gasteiger partial charge is 0.338 e. The zero-order chi connectivity index (χ0) is 24.4. The third-order valence-electron chi connectivity index (χ3n) is 5.62. The van der Waals surface area contributed by atoms with Crippen molar-refractivity contribution in [3.05, 3.63) is 90.1 Å². The van der Waals surface area contributed by atoms with Crippen molar-refractivity contribution in [2.45, 2.75) is 26.8 Å². The molecule has 7 nitrogen and oxygen atoms in total. The minimum Gasteiger partial charge on any atom is -0.493 e. The van der Waals surface area contributed by atoms with Crippen molar-refractivity contribution in [2.75, 3.05) is 20.8 Å². The highest BCUT2D eigenvalue weighted by atomic mass is 32.1. The van der Waals surface area contributed by atoms with E-state index in [-0.39, 0.29) is 12.2 Å². The van der Waals surface area contributed by atoms with Crippen molar-refractivity contribution < 1.29 is 19.0 Å². The predicted octanol–water partition coefficient (Wildman–Crippen LogP) is 3.12. The van der Waals surface area contributed by atoms with Gasteiger partial charge in [-0.1, -0.05) is 47.2 Å². The highest BCUT2D eigenvalue weighted by molar-refractivity contribution is 7.07. The topological polar surface area (TPSA) is 79.1 Å². The zero-order valence-corrected chi connectivity index (χ0v) is 20.6. The van der Waals surface area contributed by atoms with Crippen LogP contribution in [0.25, 0.3) is 6.08 Å². The van der Waals surface area contributed by atoms with Gasteiger partial charge in [0.2, 0.25) is 0 Å². The molecule has 3 aromatic rings. The molecule has 0 amide bonds. The zero-order valence-electron chi connectivity index (χ0n) is 19.7. The average Bonchev–Trinajstić information content (AvgIpc) is 3.13. The Morgan fingerprint density at radius 1 is 1.09 bits per heavy atom. The maximum atomic E-state index is 13.6. The van der Waals surface area contributed by atoms with Gasteiger partial charge < -0.3 is 14.2 Å². The van der Waals surface area contributed by atoms with Gasteiger partial charge in [-0.05, 0) is 50.1 Å². The molecular weight excluding hydrogens is 452 g/mol. The molecule has 2 aromatic carbocycles. The SMILES string of the molecule is CCOC(=O)C1=C(C)N=c2s/c(=C\c3ccc(C)cc3)c(=O)n2[C@H]1c1ccc(OC)c(OC)c1. The summed E-state index contributed by atoms with van der Waals surface area (Å²) in [5, 5.41) is 0. The van der Waals surface area contributed by atoms with Gasteiger partial charge in [0.1, 0.15) is 0 Å². The molecule has 4 rings (SSSR count). The van der Waals surface area contributed by atoms with Crippen LogP contribution in [-0.2, 0) is 9.53 Å². The van der Waals surface area contributed by atoms with E-state index in [4.69, 9.17) is 14.2 Å². The maximum absolute atomic E-state index is 13.6. The quantitative estimate of drug-likeness (QED) is 0.509. The average molecular weight is 479 g/mol. The fourth-order valence-corrected chi connectivity index (χ4v) is 4.99. The van der Waals surface area contributed by atoms with Crippen molar-refractivity contribution >= 4 is 23.4 Å². The van der Waals surface area contributed by atoms with E-state index in [2.05, 4.69) is 4.99 Å². The van der Waals surface area contributed by atoms with Gasteiger partial charge in [-0.15, -0.1) is 0 Å². The molecule has 0 fully saturated rings. The van der Waals surface area contributed by atoms with E-state index in [1.54, 1.807) is 44.8 Å². The highest BCUT2D eigenvalue weighted by Gasteiger charge is 2.33. The lowest BCUT2D eigenvalue weighted by molar-refractivity contribution is -0.139. The fraction of sp³-hybridized carbons (Fsp3) is 0.269. The van der Waals surface area contributed by atoms with E-state index in [0.29, 0.717) is 37.7 Å². The van der Waals surface area contributed by atoms with Gasteiger partial charge in [0.05, 0.1) is 42.7 Å². The number of fused-ring (bicyclic) bond motifs is 1. The van der Waals surface area contributed by atoms with E-state index in [1.165, 1.54) is 11.3 Å². The molecule has 0 N–H and O–H groups in total. The first-order chi connectivity index (χ1) is 16.4. The molecule has 8 heteroatoms. The Bertz CT molecular complexity index is 1450. The summed E-state index contributed by atoms with van der Waals surface area (Å²) in [6.45, 7) is 5.74. The van der Waals surface area contributed by atoms with Crippen molar-refractivity contribution in [2.24, 2.45) is 4.99 Å². The third-order valence-corrected chi connectivity index (χ3v) is 6.60. The molecule has 0 spiro atoms. The number of methoxy groups -OCH3 is 2. The molecule has 1 atom stereocenters. The minimum absolute atomic E-state index is 0.214. The monoisotopic (exact) mass is 478 g/mol. The predicted molar refractivity (Wildman–Crippen MR) is 131 cm³/mol. The molecular formula is C26H26N2O5S. The molecule has 2 heterocycles. The number of esters is 1. The summed E-state index contributed by atoms with van der Waals surface area (Å²) in [6.07, 6.45) is 1.85. The normalized spacial score (nSPS) is 15.6. The maximum Gasteiger partial charge on any atom is 0.338 e. The molecule has 0 saturated carbocycles. The number of carbonyl (C=O) groups excluding carboxylic acids is 1. The Balaban J connectivity index is 1.96. The second-order valence-corrected chi connectivity index (χ2v) is 8.84. The Morgan fingerprint density at radius 3 is 2.44 bits per heavy atom. The summed E-state index contributed by atoms with van der Waals surface area (Å²) in [5.41, 5.74) is 3.36. The summed E-state index contributed by atoms with van der Waals surface area (Å²) >= 11 is 1.29. The molecule has 1 aliphatic heterocycles. The van der Waals surface area contributed by atoms with Gasteiger partial charge >= 0.3 is 5.97 Å². The molecule has 1 aromatic heterocycles. The first kappa shape index (κ1) is 23.5. The summed E-state index contributed by atoms with van der Waals surface area (Å²) in [7, 11) is 3.10. The number of nitrogens with zero attached hydrogens (tertiary/aromatic N) is 2. The van der Waals surface area contributed by atoms with Gasteiger partial charge in [-0.2, -0.15) is 0 Å². The number of allylic oxidation sites excluding steroid dienone is 1. The molecule has 0 aliphatic carbocycles. The second-order valence-electron chi connectivity index (χ2n) is 7.83. The summed E-state index contributed by atoms with van der Waals surface area (Å²) in [5.74, 6) is 0.549. The van der Waals surface area contributed by atoms with Crippen LogP contribution in [0.2, 0.25) is 0 Å².